The predicted octanol–water partition coefficient (Wildman–Crippen LogP) is 4.11. The van der Waals surface area contributed by atoms with Crippen LogP contribution in [0.5, 0.6) is 5.75 Å². The molecule has 3 aromatic rings. The smallest absolute Gasteiger partial charge is 0.323 e. The molecular weight excluding hydrogens is 618 g/mol. The Morgan fingerprint density at radius 3 is 2.18 bits per heavy atom. The van der Waals surface area contributed by atoms with Gasteiger partial charge in [0.15, 0.2) is 17.4 Å². The number of halogens is 4. The van der Waals surface area contributed by atoms with E-state index in [0.29, 0.717) is 8.14 Å². The molecule has 0 radical (unpaired) electrons. The van der Waals surface area contributed by atoms with Crippen LogP contribution in [0.4, 0.5) is 19.0 Å². The van der Waals surface area contributed by atoms with Gasteiger partial charge in [0.2, 0.25) is 0 Å². The summed E-state index contributed by atoms with van der Waals surface area (Å²) >= 11 is 1.87. The number of esters is 1. The van der Waals surface area contributed by atoms with Crippen LogP contribution in [0.15, 0.2) is 47.3 Å². The first-order valence-electron chi connectivity index (χ1n) is 11.3. The molecule has 0 saturated heterocycles. The topological polar surface area (TPSA) is 127 Å². The van der Waals surface area contributed by atoms with Gasteiger partial charge in [-0.1, -0.05) is 0 Å². The van der Waals surface area contributed by atoms with Crippen LogP contribution in [-0.2, 0) is 9.53 Å². The van der Waals surface area contributed by atoms with Crippen LogP contribution < -0.4 is 21.8 Å². The summed E-state index contributed by atoms with van der Waals surface area (Å²) < 4.78 is 56.0. The average Bonchev–Trinajstić information content (AvgIpc) is 2.79. The number of anilines is 1. The number of aromatic nitrogens is 1. The van der Waals surface area contributed by atoms with Crippen LogP contribution >= 0.6 is 22.6 Å². The van der Waals surface area contributed by atoms with Gasteiger partial charge in [-0.05, 0) is 67.6 Å². The van der Waals surface area contributed by atoms with Crippen molar-refractivity contribution in [1.82, 2.24) is 4.57 Å². The third-order valence-corrected chi connectivity index (χ3v) is 5.84. The van der Waals surface area contributed by atoms with Crippen LogP contribution in [0, 0.1) is 21.0 Å². The van der Waals surface area contributed by atoms with Gasteiger partial charge < -0.3 is 20.9 Å². The van der Waals surface area contributed by atoms with Gasteiger partial charge in [0.25, 0.3) is 5.56 Å². The lowest BCUT2D eigenvalue weighted by Gasteiger charge is -2.22. The van der Waals surface area contributed by atoms with E-state index >= 15 is 8.78 Å². The molecule has 38 heavy (non-hydrogen) atoms. The van der Waals surface area contributed by atoms with Crippen molar-refractivity contribution >= 4 is 40.2 Å². The lowest BCUT2D eigenvalue weighted by atomic mass is 10.0. The molecule has 1 atom stereocenters. The number of carbonyl (C=O) groups is 2. The van der Waals surface area contributed by atoms with Crippen molar-refractivity contribution in [1.29, 1.82) is 0 Å². The van der Waals surface area contributed by atoms with Crippen molar-refractivity contribution in [2.45, 2.75) is 38.8 Å². The Bertz CT molecular complexity index is 1430. The molecule has 0 fully saturated rings. The number of pyridine rings is 1. The SMILES string of the molecule is CC(C)(C)OC(=O)[C@@H](N)CCOc1cc(F)c(-n2c(N)c(C(=O)c3ccc(I)cc3F)ccc2=O)c(F)c1. The van der Waals surface area contributed by atoms with Crippen LogP contribution in [0.2, 0.25) is 0 Å². The first kappa shape index (κ1) is 29.2. The molecule has 8 nitrogen and oxygen atoms in total. The van der Waals surface area contributed by atoms with Crippen molar-refractivity contribution in [2.24, 2.45) is 5.73 Å². The number of nitrogen functional groups attached to an aromatic ring is 1. The van der Waals surface area contributed by atoms with Gasteiger partial charge in [-0.25, -0.2) is 13.2 Å². The van der Waals surface area contributed by atoms with Gasteiger partial charge in [-0.3, -0.25) is 19.0 Å². The van der Waals surface area contributed by atoms with E-state index in [0.717, 1.165) is 30.3 Å². The minimum atomic E-state index is -1.21. The highest BCUT2D eigenvalue weighted by molar-refractivity contribution is 14.1. The van der Waals surface area contributed by atoms with Crippen molar-refractivity contribution in [3.8, 4) is 11.4 Å². The molecule has 1 heterocycles. The van der Waals surface area contributed by atoms with Gasteiger partial charge in [-0.15, -0.1) is 0 Å². The van der Waals surface area contributed by atoms with Crippen LogP contribution in [0.3, 0.4) is 0 Å². The zero-order valence-corrected chi connectivity index (χ0v) is 22.8. The number of hydrogen-bond donors (Lipinski definition) is 2. The Hall–Kier alpha value is -3.39. The summed E-state index contributed by atoms with van der Waals surface area (Å²) in [6, 6.07) is 6.47. The Morgan fingerprint density at radius 1 is 1.00 bits per heavy atom. The summed E-state index contributed by atoms with van der Waals surface area (Å²) in [6.07, 6.45) is 0.00552. The second kappa shape index (κ2) is 11.6. The van der Waals surface area contributed by atoms with E-state index in [4.69, 9.17) is 20.9 Å². The maximum Gasteiger partial charge on any atom is 0.323 e. The summed E-state index contributed by atoms with van der Waals surface area (Å²) in [5, 5.41) is 0. The van der Waals surface area contributed by atoms with Gasteiger partial charge in [0.05, 0.1) is 17.7 Å². The quantitative estimate of drug-likeness (QED) is 0.215. The largest absolute Gasteiger partial charge is 0.493 e. The average molecular weight is 643 g/mol. The maximum absolute atomic E-state index is 15.0. The van der Waals surface area contributed by atoms with Crippen molar-refractivity contribution < 1.29 is 32.2 Å². The van der Waals surface area contributed by atoms with Gasteiger partial charge >= 0.3 is 5.97 Å². The number of nitrogens with zero attached hydrogens (tertiary/aromatic N) is 1. The van der Waals surface area contributed by atoms with Crippen molar-refractivity contribution in [3.05, 3.63) is 85.0 Å². The summed E-state index contributed by atoms with van der Waals surface area (Å²) in [4.78, 5) is 37.4. The fourth-order valence-corrected chi connectivity index (χ4v) is 3.89. The molecular formula is C26H25F3IN3O5. The predicted molar refractivity (Wildman–Crippen MR) is 143 cm³/mol. The zero-order chi connectivity index (χ0) is 28.4. The first-order chi connectivity index (χ1) is 17.7. The molecule has 0 unspecified atom stereocenters. The number of hydrogen-bond acceptors (Lipinski definition) is 7. The van der Waals surface area contributed by atoms with Gasteiger partial charge in [-0.2, -0.15) is 0 Å². The maximum atomic E-state index is 15.0. The monoisotopic (exact) mass is 643 g/mol. The van der Waals surface area contributed by atoms with E-state index < -0.39 is 57.9 Å². The molecule has 0 bridgehead atoms. The lowest BCUT2D eigenvalue weighted by Crippen LogP contribution is -2.38. The van der Waals surface area contributed by atoms with E-state index in [2.05, 4.69) is 0 Å². The highest BCUT2D eigenvalue weighted by Gasteiger charge is 2.24. The molecule has 4 N–H and O–H groups in total. The molecule has 0 saturated carbocycles. The molecule has 0 aliphatic heterocycles. The molecule has 0 spiro atoms. The standard InChI is InChI=1S/C26H25F3IN3O5/c1-26(2,3)38-25(36)20(31)8-9-37-14-11-18(28)22(19(29)12-14)33-21(34)7-6-16(24(33)32)23(35)15-5-4-13(30)10-17(15)27/h4-7,10-12,20H,8-9,31-32H2,1-3H3/t20-/m0/s1. The van der Waals surface area contributed by atoms with E-state index in [1.807, 2.05) is 22.6 Å². The summed E-state index contributed by atoms with van der Waals surface area (Å²) in [5.41, 5.74) is 8.63. The highest BCUT2D eigenvalue weighted by Crippen LogP contribution is 2.27. The number of benzene rings is 2. The molecule has 0 amide bonds. The van der Waals surface area contributed by atoms with Gasteiger partial charge in [0, 0.05) is 28.2 Å². The number of ether oxygens (including phenoxy) is 2. The third kappa shape index (κ3) is 6.72. The van der Waals surface area contributed by atoms with E-state index in [9.17, 15) is 18.8 Å². The molecule has 202 valence electrons. The molecule has 0 aliphatic rings. The van der Waals surface area contributed by atoms with Crippen LogP contribution in [0.25, 0.3) is 5.69 Å². The molecule has 12 heteroatoms. The number of nitrogens with two attached hydrogens (primary N) is 2. The molecule has 1 aromatic heterocycles. The summed E-state index contributed by atoms with van der Waals surface area (Å²) in [5.74, 6) is -5.57. The Labute approximate surface area is 229 Å². The Balaban J connectivity index is 1.87. The minimum absolute atomic E-state index is 0.00552. The van der Waals surface area contributed by atoms with Crippen molar-refractivity contribution in [2.75, 3.05) is 12.3 Å². The third-order valence-electron chi connectivity index (χ3n) is 5.17. The minimum Gasteiger partial charge on any atom is -0.493 e. The molecule has 0 aliphatic carbocycles. The van der Waals surface area contributed by atoms with Gasteiger partial charge in [0.1, 0.15) is 34.7 Å². The number of ketones is 1. The second-order valence-corrected chi connectivity index (χ2v) is 10.5. The zero-order valence-electron chi connectivity index (χ0n) is 20.7. The number of rotatable bonds is 8. The van der Waals surface area contributed by atoms with E-state index in [1.165, 1.54) is 12.1 Å². The summed E-state index contributed by atoms with van der Waals surface area (Å²) in [6.45, 7) is 4.90. The number of carbonyl (C=O) groups excluding carboxylic acids is 2. The van der Waals surface area contributed by atoms with Crippen LogP contribution in [0.1, 0.15) is 43.1 Å². The fourth-order valence-electron chi connectivity index (χ4n) is 3.43. The van der Waals surface area contributed by atoms with E-state index in [-0.39, 0.29) is 29.9 Å². The lowest BCUT2D eigenvalue weighted by molar-refractivity contribution is -0.156. The van der Waals surface area contributed by atoms with Crippen molar-refractivity contribution in [3.63, 3.8) is 0 Å². The fraction of sp³-hybridized carbons (Fsp3) is 0.269. The normalized spacial score (nSPS) is 12.2. The Kier molecular flexibility index (Phi) is 8.87. The molecule has 3 rings (SSSR count). The first-order valence-corrected chi connectivity index (χ1v) is 12.4. The van der Waals surface area contributed by atoms with Crippen LogP contribution in [-0.4, -0.2) is 34.6 Å². The second-order valence-electron chi connectivity index (χ2n) is 9.27. The summed E-state index contributed by atoms with van der Waals surface area (Å²) in [7, 11) is 0. The Morgan fingerprint density at radius 2 is 1.61 bits per heavy atom. The molecule has 2 aromatic carbocycles. The highest BCUT2D eigenvalue weighted by atomic mass is 127. The van der Waals surface area contributed by atoms with E-state index in [1.54, 1.807) is 20.8 Å².